The van der Waals surface area contributed by atoms with Crippen LogP contribution in [0.25, 0.3) is 5.69 Å². The molecule has 3 heteroatoms. The van der Waals surface area contributed by atoms with E-state index in [1.165, 1.54) is 5.56 Å². The predicted molar refractivity (Wildman–Crippen MR) is 100.0 cm³/mol. The van der Waals surface area contributed by atoms with Gasteiger partial charge in [-0.1, -0.05) is 31.2 Å². The van der Waals surface area contributed by atoms with Crippen molar-refractivity contribution in [2.75, 3.05) is 0 Å². The molecule has 1 N–H and O–H groups in total. The number of phenolic OH excluding ortho intramolecular Hbond substituents is 1. The molecule has 2 aromatic carbocycles. The monoisotopic (exact) mass is 318 g/mol. The molecule has 0 atom stereocenters. The van der Waals surface area contributed by atoms with Crippen molar-refractivity contribution in [2.45, 2.75) is 27.2 Å². The van der Waals surface area contributed by atoms with Crippen molar-refractivity contribution in [1.29, 1.82) is 0 Å². The van der Waals surface area contributed by atoms with Crippen molar-refractivity contribution in [2.24, 2.45) is 4.99 Å². The molecular formula is C21H22N2O. The van der Waals surface area contributed by atoms with Crippen molar-refractivity contribution >= 4 is 11.9 Å². The number of phenols is 1. The topological polar surface area (TPSA) is 37.5 Å². The van der Waals surface area contributed by atoms with Gasteiger partial charge < -0.3 is 9.67 Å². The average molecular weight is 318 g/mol. The van der Waals surface area contributed by atoms with E-state index in [1.54, 1.807) is 18.2 Å². The Balaban J connectivity index is 1.95. The van der Waals surface area contributed by atoms with E-state index in [2.05, 4.69) is 60.7 Å². The van der Waals surface area contributed by atoms with E-state index in [0.717, 1.165) is 29.1 Å². The molecule has 0 amide bonds. The Morgan fingerprint density at radius 1 is 1.04 bits per heavy atom. The zero-order valence-electron chi connectivity index (χ0n) is 14.3. The number of benzene rings is 2. The molecule has 0 aliphatic rings. The first kappa shape index (κ1) is 16.1. The van der Waals surface area contributed by atoms with Gasteiger partial charge in [0, 0.05) is 28.9 Å². The lowest BCUT2D eigenvalue weighted by atomic mass is 10.1. The molecule has 3 aromatic rings. The zero-order valence-corrected chi connectivity index (χ0v) is 14.3. The van der Waals surface area contributed by atoms with Crippen LogP contribution in [0.1, 0.15) is 29.4 Å². The Hall–Kier alpha value is -2.81. The van der Waals surface area contributed by atoms with E-state index in [-0.39, 0.29) is 5.75 Å². The molecule has 0 aliphatic heterocycles. The number of hydrogen-bond donors (Lipinski definition) is 1. The Morgan fingerprint density at radius 2 is 1.75 bits per heavy atom. The second kappa shape index (κ2) is 6.75. The summed E-state index contributed by atoms with van der Waals surface area (Å²) >= 11 is 0. The number of nitrogens with zero attached hydrogens (tertiary/aromatic N) is 2. The number of rotatable bonds is 4. The van der Waals surface area contributed by atoms with Gasteiger partial charge >= 0.3 is 0 Å². The molecule has 0 radical (unpaired) electrons. The molecule has 3 nitrogen and oxygen atoms in total. The summed E-state index contributed by atoms with van der Waals surface area (Å²) in [6.07, 6.45) is 2.86. The molecule has 0 fully saturated rings. The summed E-state index contributed by atoms with van der Waals surface area (Å²) in [5.41, 5.74) is 6.42. The molecule has 0 saturated heterocycles. The highest BCUT2D eigenvalue weighted by molar-refractivity contribution is 5.84. The lowest BCUT2D eigenvalue weighted by Gasteiger charge is -2.10. The van der Waals surface area contributed by atoms with E-state index < -0.39 is 0 Å². The van der Waals surface area contributed by atoms with Crippen molar-refractivity contribution in [3.8, 4) is 11.4 Å². The summed E-state index contributed by atoms with van der Waals surface area (Å²) in [5, 5.41) is 9.83. The van der Waals surface area contributed by atoms with Crippen LogP contribution in [0.4, 0.5) is 5.69 Å². The fourth-order valence-electron chi connectivity index (χ4n) is 2.91. The van der Waals surface area contributed by atoms with Crippen LogP contribution in [0, 0.1) is 13.8 Å². The minimum atomic E-state index is 0.192. The molecule has 24 heavy (non-hydrogen) atoms. The number of para-hydroxylation sites is 2. The molecule has 0 unspecified atom stereocenters. The van der Waals surface area contributed by atoms with Crippen molar-refractivity contribution < 1.29 is 5.11 Å². The zero-order chi connectivity index (χ0) is 17.1. The summed E-state index contributed by atoms with van der Waals surface area (Å²) in [5.74, 6) is 0.192. The number of aromatic nitrogens is 1. The molecule has 122 valence electrons. The first-order chi connectivity index (χ1) is 11.6. The van der Waals surface area contributed by atoms with Crippen molar-refractivity contribution in [1.82, 2.24) is 4.57 Å². The van der Waals surface area contributed by atoms with E-state index in [1.807, 2.05) is 12.3 Å². The third kappa shape index (κ3) is 3.11. The average Bonchev–Trinajstić information content (AvgIpc) is 2.88. The maximum atomic E-state index is 9.83. The fraction of sp³-hybridized carbons (Fsp3) is 0.190. The Labute approximate surface area is 142 Å². The number of aromatic hydroxyl groups is 1. The van der Waals surface area contributed by atoms with Gasteiger partial charge in [0.2, 0.25) is 0 Å². The summed E-state index contributed by atoms with van der Waals surface area (Å²) in [6.45, 7) is 6.35. The van der Waals surface area contributed by atoms with Gasteiger partial charge in [-0.15, -0.1) is 0 Å². The van der Waals surface area contributed by atoms with Crippen LogP contribution in [0.15, 0.2) is 59.6 Å². The van der Waals surface area contributed by atoms with Crippen molar-refractivity contribution in [3.05, 3.63) is 77.1 Å². The quantitative estimate of drug-likeness (QED) is 0.667. The minimum Gasteiger partial charge on any atom is -0.506 e. The summed E-state index contributed by atoms with van der Waals surface area (Å²) in [7, 11) is 0. The highest BCUT2D eigenvalue weighted by atomic mass is 16.3. The summed E-state index contributed by atoms with van der Waals surface area (Å²) < 4.78 is 2.23. The lowest BCUT2D eigenvalue weighted by molar-refractivity contribution is 0.477. The smallest absolute Gasteiger partial charge is 0.141 e. The predicted octanol–water partition coefficient (Wildman–Crippen LogP) is 5.11. The molecule has 1 heterocycles. The maximum Gasteiger partial charge on any atom is 0.141 e. The van der Waals surface area contributed by atoms with Gasteiger partial charge in [-0.05, 0) is 56.2 Å². The Kier molecular flexibility index (Phi) is 4.52. The SMILES string of the molecule is CCc1ccc(-n2c(C)cc(C=Nc3ccccc3O)c2C)cc1. The molecule has 0 saturated carbocycles. The van der Waals surface area contributed by atoms with Gasteiger partial charge in [0.05, 0.1) is 0 Å². The third-order valence-electron chi connectivity index (χ3n) is 4.30. The highest BCUT2D eigenvalue weighted by Gasteiger charge is 2.09. The molecule has 0 spiro atoms. The van der Waals surface area contributed by atoms with Crippen LogP contribution in [0.3, 0.4) is 0 Å². The Bertz CT molecular complexity index is 873. The number of aliphatic imine (C=N–C) groups is 1. The van der Waals surface area contributed by atoms with Gasteiger partial charge in [-0.2, -0.15) is 0 Å². The van der Waals surface area contributed by atoms with Gasteiger partial charge in [0.15, 0.2) is 0 Å². The van der Waals surface area contributed by atoms with Crippen LogP contribution in [-0.2, 0) is 6.42 Å². The molecule has 0 aliphatic carbocycles. The van der Waals surface area contributed by atoms with Crippen LogP contribution < -0.4 is 0 Å². The number of hydrogen-bond acceptors (Lipinski definition) is 2. The van der Waals surface area contributed by atoms with Gasteiger partial charge in [0.1, 0.15) is 11.4 Å². The van der Waals surface area contributed by atoms with E-state index in [4.69, 9.17) is 0 Å². The van der Waals surface area contributed by atoms with Crippen LogP contribution in [0.2, 0.25) is 0 Å². The number of aryl methyl sites for hydroxylation is 2. The largest absolute Gasteiger partial charge is 0.506 e. The Morgan fingerprint density at radius 3 is 2.42 bits per heavy atom. The normalized spacial score (nSPS) is 11.3. The molecule has 1 aromatic heterocycles. The second-order valence-corrected chi connectivity index (χ2v) is 5.93. The first-order valence-electron chi connectivity index (χ1n) is 8.20. The van der Waals surface area contributed by atoms with E-state index >= 15 is 0 Å². The standard InChI is InChI=1S/C21H22N2O/c1-4-17-9-11-19(12-10-17)23-15(2)13-18(16(23)3)14-22-20-7-5-6-8-21(20)24/h5-14,24H,4H2,1-3H3. The van der Waals surface area contributed by atoms with E-state index in [0.29, 0.717) is 5.69 Å². The summed E-state index contributed by atoms with van der Waals surface area (Å²) in [4.78, 5) is 4.42. The third-order valence-corrected chi connectivity index (χ3v) is 4.30. The van der Waals surface area contributed by atoms with E-state index in [9.17, 15) is 5.11 Å². The van der Waals surface area contributed by atoms with Gasteiger partial charge in [0.25, 0.3) is 0 Å². The maximum absolute atomic E-state index is 9.83. The first-order valence-corrected chi connectivity index (χ1v) is 8.20. The highest BCUT2D eigenvalue weighted by Crippen LogP contribution is 2.26. The lowest BCUT2D eigenvalue weighted by Crippen LogP contribution is -1.99. The minimum absolute atomic E-state index is 0.192. The van der Waals surface area contributed by atoms with Gasteiger partial charge in [-0.25, -0.2) is 0 Å². The second-order valence-electron chi connectivity index (χ2n) is 5.93. The van der Waals surface area contributed by atoms with Gasteiger partial charge in [-0.3, -0.25) is 4.99 Å². The van der Waals surface area contributed by atoms with Crippen LogP contribution in [0.5, 0.6) is 5.75 Å². The van der Waals surface area contributed by atoms with Crippen LogP contribution in [-0.4, -0.2) is 15.9 Å². The molecule has 3 rings (SSSR count). The van der Waals surface area contributed by atoms with Crippen LogP contribution >= 0.6 is 0 Å². The molecular weight excluding hydrogens is 296 g/mol. The molecule has 0 bridgehead atoms. The van der Waals surface area contributed by atoms with Crippen molar-refractivity contribution in [3.63, 3.8) is 0 Å². The fourth-order valence-corrected chi connectivity index (χ4v) is 2.91. The summed E-state index contributed by atoms with van der Waals surface area (Å²) in [6, 6.07) is 17.9.